The van der Waals surface area contributed by atoms with Crippen LogP contribution >= 0.6 is 11.8 Å². The molecule has 3 rings (SSSR count). The highest BCUT2D eigenvalue weighted by molar-refractivity contribution is 7.98. The molecule has 0 amide bonds. The summed E-state index contributed by atoms with van der Waals surface area (Å²) in [6, 6.07) is 12.6. The molecular weight excluding hydrogens is 358 g/mol. The molecule has 0 spiro atoms. The average Bonchev–Trinajstić information content (AvgIpc) is 3.02. The van der Waals surface area contributed by atoms with E-state index in [4.69, 9.17) is 4.74 Å². The summed E-state index contributed by atoms with van der Waals surface area (Å²) in [5.41, 5.74) is 2.70. The number of fused-ring (bicyclic) bond motifs is 1. The zero-order valence-electron chi connectivity index (χ0n) is 14.2. The van der Waals surface area contributed by atoms with Crippen LogP contribution in [0.25, 0.3) is 11.0 Å². The zero-order chi connectivity index (χ0) is 18.0. The number of hydrogen-bond acceptors (Lipinski definition) is 5. The number of ether oxygens (including phenoxy) is 1. The van der Waals surface area contributed by atoms with E-state index >= 15 is 0 Å². The molecule has 0 aliphatic carbocycles. The minimum atomic E-state index is -3.42. The van der Waals surface area contributed by atoms with Crippen molar-refractivity contribution in [2.24, 2.45) is 0 Å². The Morgan fingerprint density at radius 1 is 1.20 bits per heavy atom. The summed E-state index contributed by atoms with van der Waals surface area (Å²) < 4.78 is 30.9. The number of imidazole rings is 1. The van der Waals surface area contributed by atoms with Gasteiger partial charge in [0.15, 0.2) is 5.16 Å². The zero-order valence-corrected chi connectivity index (χ0v) is 15.8. The molecular formula is C17H19N3O3S2. The number of thioether (sulfide) groups is 1. The number of nitrogens with zero attached hydrogens (tertiary/aromatic N) is 2. The van der Waals surface area contributed by atoms with Gasteiger partial charge in [0.2, 0.25) is 10.0 Å². The number of methoxy groups -OCH3 is 1. The van der Waals surface area contributed by atoms with E-state index < -0.39 is 10.0 Å². The lowest BCUT2D eigenvalue weighted by molar-refractivity contribution is 0.415. The smallest absolute Gasteiger partial charge is 0.242 e. The van der Waals surface area contributed by atoms with Gasteiger partial charge >= 0.3 is 0 Å². The van der Waals surface area contributed by atoms with E-state index in [1.54, 1.807) is 25.3 Å². The Labute approximate surface area is 151 Å². The first-order valence-electron chi connectivity index (χ1n) is 7.58. The van der Waals surface area contributed by atoms with E-state index in [9.17, 15) is 8.42 Å². The molecule has 25 heavy (non-hydrogen) atoms. The van der Waals surface area contributed by atoms with Crippen LogP contribution in [0, 0.1) is 0 Å². The third-order valence-electron chi connectivity index (χ3n) is 3.72. The fourth-order valence-corrected chi connectivity index (χ4v) is 4.12. The van der Waals surface area contributed by atoms with Gasteiger partial charge in [-0.1, -0.05) is 23.9 Å². The standard InChI is InChI=1S/C17H19N3O3S2/c1-20(2)25(21,22)14-6-4-5-12(9-14)11-24-17-18-15-8-7-13(23-3)10-16(15)19-17/h4-10H,11H2,1-3H3,(H,18,19). The number of sulfonamides is 1. The van der Waals surface area contributed by atoms with Crippen molar-refractivity contribution < 1.29 is 13.2 Å². The Hall–Kier alpha value is -2.03. The van der Waals surface area contributed by atoms with Crippen LogP contribution in [-0.4, -0.2) is 43.9 Å². The summed E-state index contributed by atoms with van der Waals surface area (Å²) in [4.78, 5) is 8.07. The molecule has 1 heterocycles. The lowest BCUT2D eigenvalue weighted by atomic mass is 10.2. The molecule has 2 aromatic carbocycles. The maximum atomic E-state index is 12.2. The van der Waals surface area contributed by atoms with Crippen LogP contribution in [-0.2, 0) is 15.8 Å². The van der Waals surface area contributed by atoms with Crippen molar-refractivity contribution in [1.82, 2.24) is 14.3 Å². The third kappa shape index (κ3) is 3.81. The van der Waals surface area contributed by atoms with E-state index in [2.05, 4.69) is 9.97 Å². The molecule has 0 atom stereocenters. The van der Waals surface area contributed by atoms with Crippen molar-refractivity contribution in [2.45, 2.75) is 15.8 Å². The second kappa shape index (κ2) is 7.07. The van der Waals surface area contributed by atoms with Crippen LogP contribution in [0.5, 0.6) is 5.75 Å². The van der Waals surface area contributed by atoms with Crippen LogP contribution in [0.2, 0.25) is 0 Å². The normalized spacial score (nSPS) is 12.0. The monoisotopic (exact) mass is 377 g/mol. The minimum Gasteiger partial charge on any atom is -0.497 e. The van der Waals surface area contributed by atoms with Gasteiger partial charge in [-0.3, -0.25) is 0 Å². The molecule has 0 saturated carbocycles. The Morgan fingerprint density at radius 3 is 2.72 bits per heavy atom. The van der Waals surface area contributed by atoms with Gasteiger partial charge in [0, 0.05) is 25.9 Å². The lowest BCUT2D eigenvalue weighted by Crippen LogP contribution is -2.22. The summed E-state index contributed by atoms with van der Waals surface area (Å²) in [6.45, 7) is 0. The Kier molecular flexibility index (Phi) is 5.03. The highest BCUT2D eigenvalue weighted by atomic mass is 32.2. The quantitative estimate of drug-likeness (QED) is 0.668. The summed E-state index contributed by atoms with van der Waals surface area (Å²) in [5, 5.41) is 0.782. The fourth-order valence-electron chi connectivity index (χ4n) is 2.32. The van der Waals surface area contributed by atoms with E-state index in [-0.39, 0.29) is 0 Å². The molecule has 8 heteroatoms. The SMILES string of the molecule is COc1ccc2nc(SCc3cccc(S(=O)(=O)N(C)C)c3)[nH]c2c1. The van der Waals surface area contributed by atoms with Crippen LogP contribution in [0.15, 0.2) is 52.5 Å². The first-order valence-corrected chi connectivity index (χ1v) is 10.0. The van der Waals surface area contributed by atoms with Crippen molar-refractivity contribution in [3.8, 4) is 5.75 Å². The van der Waals surface area contributed by atoms with Crippen molar-refractivity contribution in [3.05, 3.63) is 48.0 Å². The van der Waals surface area contributed by atoms with Gasteiger partial charge in [-0.2, -0.15) is 0 Å². The molecule has 3 aromatic rings. The topological polar surface area (TPSA) is 75.3 Å². The van der Waals surface area contributed by atoms with Gasteiger partial charge in [-0.25, -0.2) is 17.7 Å². The summed E-state index contributed by atoms with van der Waals surface area (Å²) in [6.07, 6.45) is 0. The van der Waals surface area contributed by atoms with E-state index in [1.165, 1.54) is 30.2 Å². The van der Waals surface area contributed by atoms with Gasteiger partial charge in [0.1, 0.15) is 5.75 Å². The predicted molar refractivity (Wildman–Crippen MR) is 99.5 cm³/mol. The van der Waals surface area contributed by atoms with E-state index in [1.807, 2.05) is 24.3 Å². The maximum absolute atomic E-state index is 12.2. The molecule has 6 nitrogen and oxygen atoms in total. The number of nitrogens with one attached hydrogen (secondary N) is 1. The summed E-state index contributed by atoms with van der Waals surface area (Å²) in [5.74, 6) is 1.39. The van der Waals surface area contributed by atoms with Crippen LogP contribution in [0.4, 0.5) is 0 Å². The van der Waals surface area contributed by atoms with Crippen molar-refractivity contribution in [3.63, 3.8) is 0 Å². The molecule has 0 radical (unpaired) electrons. The highest BCUT2D eigenvalue weighted by Gasteiger charge is 2.17. The number of rotatable bonds is 6. The Balaban J connectivity index is 1.78. The van der Waals surface area contributed by atoms with Crippen LogP contribution in [0.3, 0.4) is 0 Å². The first-order chi connectivity index (χ1) is 11.9. The lowest BCUT2D eigenvalue weighted by Gasteiger charge is -2.12. The second-order valence-corrected chi connectivity index (χ2v) is 8.76. The average molecular weight is 377 g/mol. The maximum Gasteiger partial charge on any atom is 0.242 e. The highest BCUT2D eigenvalue weighted by Crippen LogP contribution is 2.26. The summed E-state index contributed by atoms with van der Waals surface area (Å²) in [7, 11) is 1.26. The molecule has 0 fully saturated rings. The van der Waals surface area contributed by atoms with Crippen molar-refractivity contribution in [1.29, 1.82) is 0 Å². The Morgan fingerprint density at radius 2 is 2.00 bits per heavy atom. The largest absolute Gasteiger partial charge is 0.497 e. The number of H-pyrrole nitrogens is 1. The molecule has 0 unspecified atom stereocenters. The number of aromatic amines is 1. The number of aromatic nitrogens is 2. The molecule has 1 N–H and O–H groups in total. The number of benzene rings is 2. The van der Waals surface area contributed by atoms with Crippen LogP contribution < -0.4 is 4.74 Å². The molecule has 0 bridgehead atoms. The fraction of sp³-hybridized carbons (Fsp3) is 0.235. The molecule has 1 aromatic heterocycles. The molecule has 0 saturated heterocycles. The van der Waals surface area contributed by atoms with Gasteiger partial charge in [0.25, 0.3) is 0 Å². The predicted octanol–water partition coefficient (Wildman–Crippen LogP) is 3.11. The van der Waals surface area contributed by atoms with Crippen molar-refractivity contribution in [2.75, 3.05) is 21.2 Å². The first kappa shape index (κ1) is 17.8. The minimum absolute atomic E-state index is 0.296. The van der Waals surface area contributed by atoms with Crippen LogP contribution in [0.1, 0.15) is 5.56 Å². The van der Waals surface area contributed by atoms with Crippen molar-refractivity contribution >= 4 is 32.8 Å². The Bertz CT molecular complexity index is 997. The molecule has 0 aliphatic rings. The third-order valence-corrected chi connectivity index (χ3v) is 6.48. The molecule has 132 valence electrons. The summed E-state index contributed by atoms with van der Waals surface area (Å²) >= 11 is 1.52. The van der Waals surface area contributed by atoms with Gasteiger partial charge < -0.3 is 9.72 Å². The number of hydrogen-bond donors (Lipinski definition) is 1. The van der Waals surface area contributed by atoms with Gasteiger partial charge in [-0.15, -0.1) is 0 Å². The van der Waals surface area contributed by atoms with E-state index in [0.717, 1.165) is 27.5 Å². The van der Waals surface area contributed by atoms with Gasteiger partial charge in [0.05, 0.1) is 23.0 Å². The molecule has 0 aliphatic heterocycles. The van der Waals surface area contributed by atoms with E-state index in [0.29, 0.717) is 10.6 Å². The van der Waals surface area contributed by atoms with Gasteiger partial charge in [-0.05, 0) is 29.8 Å². The second-order valence-electron chi connectivity index (χ2n) is 5.65.